The van der Waals surface area contributed by atoms with Crippen LogP contribution in [0.3, 0.4) is 0 Å². The third-order valence-corrected chi connectivity index (χ3v) is 3.58. The van der Waals surface area contributed by atoms with Gasteiger partial charge < -0.3 is 10.2 Å². The van der Waals surface area contributed by atoms with Crippen molar-refractivity contribution in [1.82, 2.24) is 0 Å². The van der Waals surface area contributed by atoms with Crippen LogP contribution in [0, 0.1) is 6.92 Å². The molecule has 1 aromatic rings. The Hall–Kier alpha value is -0.860. The fraction of sp³-hybridized carbons (Fsp3) is 0.600. The number of hydrogen-bond donors (Lipinski definition) is 2. The second-order valence-corrected chi connectivity index (χ2v) is 6.06. The van der Waals surface area contributed by atoms with E-state index in [-0.39, 0.29) is 24.0 Å². The van der Waals surface area contributed by atoms with E-state index in [2.05, 4.69) is 19.1 Å². The molecule has 2 heteroatoms. The second-order valence-electron chi connectivity index (χ2n) is 6.06. The van der Waals surface area contributed by atoms with Gasteiger partial charge in [0, 0.05) is 10.8 Å². The average molecular weight is 236 g/mol. The Labute approximate surface area is 104 Å². The zero-order valence-corrected chi connectivity index (χ0v) is 11.5. The molecule has 2 nitrogen and oxygen atoms in total. The number of benzene rings is 1. The summed E-state index contributed by atoms with van der Waals surface area (Å²) < 4.78 is 0. The fourth-order valence-electron chi connectivity index (χ4n) is 2.27. The van der Waals surface area contributed by atoms with Crippen LogP contribution in [0.5, 0.6) is 0 Å². The third kappa shape index (κ3) is 2.70. The lowest BCUT2D eigenvalue weighted by molar-refractivity contribution is 0.213. The first-order valence-electron chi connectivity index (χ1n) is 6.08. The normalized spacial score (nSPS) is 12.9. The van der Waals surface area contributed by atoms with Crippen molar-refractivity contribution in [2.24, 2.45) is 0 Å². The largest absolute Gasteiger partial charge is 0.395 e. The van der Waals surface area contributed by atoms with E-state index in [1.807, 2.05) is 33.8 Å². The summed E-state index contributed by atoms with van der Waals surface area (Å²) in [7, 11) is 0. The molecule has 17 heavy (non-hydrogen) atoms. The Balaban J connectivity index is 3.36. The van der Waals surface area contributed by atoms with Gasteiger partial charge in [-0.25, -0.2) is 0 Å². The summed E-state index contributed by atoms with van der Waals surface area (Å²) in [5, 5.41) is 18.9. The highest BCUT2D eigenvalue weighted by Gasteiger charge is 2.27. The van der Waals surface area contributed by atoms with Gasteiger partial charge in [0.15, 0.2) is 0 Å². The van der Waals surface area contributed by atoms with Gasteiger partial charge in [-0.3, -0.25) is 0 Å². The molecule has 0 unspecified atom stereocenters. The molecular formula is C15H24O2. The van der Waals surface area contributed by atoms with Gasteiger partial charge in [0.2, 0.25) is 0 Å². The van der Waals surface area contributed by atoms with Gasteiger partial charge in [0.1, 0.15) is 0 Å². The first-order chi connectivity index (χ1) is 7.76. The quantitative estimate of drug-likeness (QED) is 0.843. The molecule has 0 bridgehead atoms. The van der Waals surface area contributed by atoms with Crippen LogP contribution in [0.2, 0.25) is 0 Å². The predicted molar refractivity (Wildman–Crippen MR) is 71.4 cm³/mol. The van der Waals surface area contributed by atoms with Crippen LogP contribution >= 0.6 is 0 Å². The molecule has 0 aliphatic heterocycles. The summed E-state index contributed by atoms with van der Waals surface area (Å²) in [6, 6.07) is 6.12. The fourth-order valence-corrected chi connectivity index (χ4v) is 2.27. The predicted octanol–water partition coefficient (Wildman–Crippen LogP) is 2.53. The summed E-state index contributed by atoms with van der Waals surface area (Å²) in [5.74, 6) is 0. The van der Waals surface area contributed by atoms with Gasteiger partial charge >= 0.3 is 0 Å². The molecule has 0 saturated carbocycles. The number of rotatable bonds is 4. The van der Waals surface area contributed by atoms with E-state index in [1.54, 1.807) is 0 Å². The first-order valence-corrected chi connectivity index (χ1v) is 6.08. The smallest absolute Gasteiger partial charge is 0.0522 e. The molecule has 0 fully saturated rings. The lowest BCUT2D eigenvalue weighted by atomic mass is 9.76. The van der Waals surface area contributed by atoms with Crippen molar-refractivity contribution in [2.45, 2.75) is 45.4 Å². The molecule has 1 aromatic carbocycles. The van der Waals surface area contributed by atoms with E-state index < -0.39 is 0 Å². The third-order valence-electron chi connectivity index (χ3n) is 3.58. The van der Waals surface area contributed by atoms with Gasteiger partial charge in [0.05, 0.1) is 13.2 Å². The first kappa shape index (κ1) is 14.2. The summed E-state index contributed by atoms with van der Waals surface area (Å²) in [6.07, 6.45) is 0. The molecular weight excluding hydrogens is 212 g/mol. The molecule has 0 aliphatic rings. The molecule has 96 valence electrons. The summed E-state index contributed by atoms with van der Waals surface area (Å²) in [4.78, 5) is 0. The van der Waals surface area contributed by atoms with E-state index in [4.69, 9.17) is 0 Å². The molecule has 0 amide bonds. The maximum atomic E-state index is 9.47. The molecule has 2 N–H and O–H groups in total. The highest BCUT2D eigenvalue weighted by molar-refractivity contribution is 5.42. The molecule has 0 heterocycles. The lowest BCUT2D eigenvalue weighted by Gasteiger charge is -2.30. The summed E-state index contributed by atoms with van der Waals surface area (Å²) in [5.41, 5.74) is 2.99. The minimum absolute atomic E-state index is 0.122. The van der Waals surface area contributed by atoms with E-state index in [0.717, 1.165) is 11.1 Å². The van der Waals surface area contributed by atoms with Crippen LogP contribution in [-0.2, 0) is 10.8 Å². The highest BCUT2D eigenvalue weighted by Crippen LogP contribution is 2.33. The zero-order valence-electron chi connectivity index (χ0n) is 11.5. The van der Waals surface area contributed by atoms with Crippen molar-refractivity contribution in [3.05, 3.63) is 34.9 Å². The Morgan fingerprint density at radius 1 is 0.882 bits per heavy atom. The topological polar surface area (TPSA) is 40.5 Å². The molecule has 0 aliphatic carbocycles. The Morgan fingerprint density at radius 2 is 1.24 bits per heavy atom. The van der Waals surface area contributed by atoms with Crippen LogP contribution in [0.1, 0.15) is 44.4 Å². The minimum atomic E-state index is -0.244. The second kappa shape index (κ2) is 4.79. The van der Waals surface area contributed by atoms with Gasteiger partial charge in [-0.1, -0.05) is 45.9 Å². The maximum absolute atomic E-state index is 9.47. The summed E-state index contributed by atoms with van der Waals surface area (Å²) in [6.45, 7) is 10.4. The summed E-state index contributed by atoms with van der Waals surface area (Å²) >= 11 is 0. The van der Waals surface area contributed by atoms with E-state index in [1.165, 1.54) is 5.56 Å². The average Bonchev–Trinajstić information content (AvgIpc) is 2.28. The van der Waals surface area contributed by atoms with E-state index in [9.17, 15) is 10.2 Å². The highest BCUT2D eigenvalue weighted by atomic mass is 16.3. The van der Waals surface area contributed by atoms with Crippen molar-refractivity contribution >= 4 is 0 Å². The van der Waals surface area contributed by atoms with Gasteiger partial charge in [-0.15, -0.1) is 0 Å². The molecule has 0 saturated heterocycles. The zero-order chi connectivity index (χ0) is 13.3. The van der Waals surface area contributed by atoms with E-state index >= 15 is 0 Å². The standard InChI is InChI=1S/C15H24O2/c1-11-12(14(2,3)9-16)7-6-8-13(11)15(4,5)10-17/h6-8,16-17H,9-10H2,1-5H3. The molecule has 0 aromatic heterocycles. The van der Waals surface area contributed by atoms with Crippen LogP contribution in [-0.4, -0.2) is 23.4 Å². The van der Waals surface area contributed by atoms with Crippen LogP contribution in [0.25, 0.3) is 0 Å². The Bertz CT molecular complexity index is 358. The minimum Gasteiger partial charge on any atom is -0.395 e. The van der Waals surface area contributed by atoms with Gasteiger partial charge in [-0.05, 0) is 23.6 Å². The van der Waals surface area contributed by atoms with Crippen LogP contribution < -0.4 is 0 Å². The Morgan fingerprint density at radius 3 is 1.53 bits per heavy atom. The van der Waals surface area contributed by atoms with E-state index in [0.29, 0.717) is 0 Å². The van der Waals surface area contributed by atoms with Crippen molar-refractivity contribution in [3.8, 4) is 0 Å². The van der Waals surface area contributed by atoms with Gasteiger partial charge in [-0.2, -0.15) is 0 Å². The number of aliphatic hydroxyl groups excluding tert-OH is 2. The number of aliphatic hydroxyl groups is 2. The Kier molecular flexibility index (Phi) is 4.00. The maximum Gasteiger partial charge on any atom is 0.0522 e. The van der Waals surface area contributed by atoms with Crippen molar-refractivity contribution in [1.29, 1.82) is 0 Å². The molecule has 0 radical (unpaired) electrons. The van der Waals surface area contributed by atoms with Crippen molar-refractivity contribution in [2.75, 3.05) is 13.2 Å². The molecule has 0 atom stereocenters. The van der Waals surface area contributed by atoms with Gasteiger partial charge in [0.25, 0.3) is 0 Å². The van der Waals surface area contributed by atoms with Crippen LogP contribution in [0.15, 0.2) is 18.2 Å². The monoisotopic (exact) mass is 236 g/mol. The van der Waals surface area contributed by atoms with Crippen LogP contribution in [0.4, 0.5) is 0 Å². The molecule has 1 rings (SSSR count). The lowest BCUT2D eigenvalue weighted by Crippen LogP contribution is -2.28. The number of hydrogen-bond acceptors (Lipinski definition) is 2. The van der Waals surface area contributed by atoms with Crippen molar-refractivity contribution in [3.63, 3.8) is 0 Å². The SMILES string of the molecule is Cc1c(C(C)(C)CO)cccc1C(C)(C)CO. The molecule has 0 spiro atoms. The van der Waals surface area contributed by atoms with Crippen molar-refractivity contribution < 1.29 is 10.2 Å².